The van der Waals surface area contributed by atoms with Crippen molar-refractivity contribution in [1.82, 2.24) is 14.4 Å². The lowest BCUT2D eigenvalue weighted by Gasteiger charge is -2.20. The van der Waals surface area contributed by atoms with Gasteiger partial charge < -0.3 is 9.84 Å². The van der Waals surface area contributed by atoms with Gasteiger partial charge in [0.25, 0.3) is 11.6 Å². The molecule has 162 valence electrons. The predicted octanol–water partition coefficient (Wildman–Crippen LogP) is 3.60. The number of hydrogen-bond acceptors (Lipinski definition) is 8. The Hall–Kier alpha value is -3.31. The summed E-state index contributed by atoms with van der Waals surface area (Å²) in [7, 11) is -3.89. The first-order valence-corrected chi connectivity index (χ1v) is 11.2. The second-order valence-corrected chi connectivity index (χ2v) is 9.14. The van der Waals surface area contributed by atoms with Crippen molar-refractivity contribution in [3.05, 3.63) is 64.5 Å². The standard InChI is InChI=1S/C20H21N5O5S/c1-14(19-22-20(30-23-19)15-7-3-2-4-8-15)21-17-10-9-16(25(26)27)13-18(17)31(28,29)24-11-5-6-12-24/h2-4,7-10,13-14,21H,5-6,11-12H2,1H3. The fourth-order valence-corrected chi connectivity index (χ4v) is 5.12. The number of nitro benzene ring substituents is 1. The van der Waals surface area contributed by atoms with Crippen molar-refractivity contribution in [1.29, 1.82) is 0 Å². The van der Waals surface area contributed by atoms with E-state index < -0.39 is 21.0 Å². The molecule has 1 saturated heterocycles. The molecule has 1 atom stereocenters. The van der Waals surface area contributed by atoms with Crippen LogP contribution < -0.4 is 5.32 Å². The Balaban J connectivity index is 1.65. The molecule has 2 aromatic carbocycles. The minimum Gasteiger partial charge on any atom is -0.374 e. The number of nitrogens with one attached hydrogen (secondary N) is 1. The third kappa shape index (κ3) is 4.28. The fraction of sp³-hybridized carbons (Fsp3) is 0.300. The Morgan fingerprint density at radius 2 is 1.87 bits per heavy atom. The molecule has 0 amide bonds. The molecule has 31 heavy (non-hydrogen) atoms. The fourth-order valence-electron chi connectivity index (χ4n) is 3.43. The molecule has 0 aliphatic carbocycles. The van der Waals surface area contributed by atoms with E-state index >= 15 is 0 Å². The van der Waals surface area contributed by atoms with Crippen LogP contribution in [0.3, 0.4) is 0 Å². The maximum Gasteiger partial charge on any atom is 0.270 e. The zero-order valence-corrected chi connectivity index (χ0v) is 17.6. The first-order chi connectivity index (χ1) is 14.9. The number of nitro groups is 1. The first kappa shape index (κ1) is 20.9. The van der Waals surface area contributed by atoms with Crippen molar-refractivity contribution in [3.8, 4) is 11.5 Å². The molecule has 0 bridgehead atoms. The van der Waals surface area contributed by atoms with E-state index in [0.717, 1.165) is 24.5 Å². The van der Waals surface area contributed by atoms with E-state index in [1.165, 1.54) is 16.4 Å². The van der Waals surface area contributed by atoms with Gasteiger partial charge in [0, 0.05) is 30.8 Å². The van der Waals surface area contributed by atoms with Crippen molar-refractivity contribution in [2.75, 3.05) is 18.4 Å². The Morgan fingerprint density at radius 1 is 1.16 bits per heavy atom. The van der Waals surface area contributed by atoms with Crippen molar-refractivity contribution >= 4 is 21.4 Å². The second-order valence-electron chi connectivity index (χ2n) is 7.24. The van der Waals surface area contributed by atoms with Crippen LogP contribution in [-0.4, -0.2) is 40.9 Å². The first-order valence-electron chi connectivity index (χ1n) is 9.80. The van der Waals surface area contributed by atoms with Crippen LogP contribution in [0.15, 0.2) is 57.9 Å². The van der Waals surface area contributed by atoms with Crippen molar-refractivity contribution in [2.24, 2.45) is 0 Å². The zero-order chi connectivity index (χ0) is 22.0. The number of anilines is 1. The highest BCUT2D eigenvalue weighted by atomic mass is 32.2. The number of benzene rings is 2. The van der Waals surface area contributed by atoms with Gasteiger partial charge in [0.2, 0.25) is 10.0 Å². The number of aromatic nitrogens is 2. The molecule has 11 heteroatoms. The molecule has 1 aliphatic heterocycles. The summed E-state index contributed by atoms with van der Waals surface area (Å²) in [4.78, 5) is 14.9. The normalized spacial score (nSPS) is 15.6. The van der Waals surface area contributed by atoms with E-state index in [0.29, 0.717) is 24.8 Å². The monoisotopic (exact) mass is 443 g/mol. The Bertz CT molecular complexity index is 1190. The van der Waals surface area contributed by atoms with E-state index in [4.69, 9.17) is 4.52 Å². The number of non-ortho nitro benzene ring substituents is 1. The SMILES string of the molecule is CC(Nc1ccc([N+](=O)[O-])cc1S(=O)(=O)N1CCCC1)c1noc(-c2ccccc2)n1. The maximum atomic E-state index is 13.2. The van der Waals surface area contributed by atoms with Gasteiger partial charge in [0.15, 0.2) is 5.82 Å². The molecule has 1 fully saturated rings. The summed E-state index contributed by atoms with van der Waals surface area (Å²) in [6.45, 7) is 2.55. The largest absolute Gasteiger partial charge is 0.374 e. The molecule has 0 saturated carbocycles. The van der Waals surface area contributed by atoms with Crippen LogP contribution in [-0.2, 0) is 10.0 Å². The van der Waals surface area contributed by atoms with Crippen molar-refractivity contribution in [3.63, 3.8) is 0 Å². The number of hydrogen-bond donors (Lipinski definition) is 1. The number of nitrogens with zero attached hydrogens (tertiary/aromatic N) is 4. The van der Waals surface area contributed by atoms with Gasteiger partial charge >= 0.3 is 0 Å². The van der Waals surface area contributed by atoms with Gasteiger partial charge in [-0.2, -0.15) is 9.29 Å². The van der Waals surface area contributed by atoms with E-state index in [1.807, 2.05) is 30.3 Å². The van der Waals surface area contributed by atoms with E-state index in [2.05, 4.69) is 15.5 Å². The van der Waals surface area contributed by atoms with Gasteiger partial charge in [0.05, 0.1) is 16.7 Å². The van der Waals surface area contributed by atoms with Crippen LogP contribution in [0.5, 0.6) is 0 Å². The van der Waals surface area contributed by atoms with Crippen LogP contribution in [0.25, 0.3) is 11.5 Å². The van der Waals surface area contributed by atoms with Crippen molar-refractivity contribution < 1.29 is 17.9 Å². The summed E-state index contributed by atoms with van der Waals surface area (Å²) >= 11 is 0. The molecule has 0 radical (unpaired) electrons. The average molecular weight is 443 g/mol. The van der Waals surface area contributed by atoms with Gasteiger partial charge in [-0.25, -0.2) is 8.42 Å². The molecule has 4 rings (SSSR count). The molecule has 1 unspecified atom stereocenters. The summed E-state index contributed by atoms with van der Waals surface area (Å²) in [5.41, 5.74) is 0.721. The molecule has 1 aromatic heterocycles. The molecule has 0 spiro atoms. The van der Waals surface area contributed by atoms with Crippen LogP contribution >= 0.6 is 0 Å². The van der Waals surface area contributed by atoms with E-state index in [-0.39, 0.29) is 16.3 Å². The molecule has 10 nitrogen and oxygen atoms in total. The molecular weight excluding hydrogens is 422 g/mol. The third-order valence-electron chi connectivity index (χ3n) is 5.08. The Kier molecular flexibility index (Phi) is 5.70. The highest BCUT2D eigenvalue weighted by molar-refractivity contribution is 7.89. The summed E-state index contributed by atoms with van der Waals surface area (Å²) in [6, 6.07) is 12.5. The molecule has 2 heterocycles. The van der Waals surface area contributed by atoms with E-state index in [9.17, 15) is 18.5 Å². The van der Waals surface area contributed by atoms with Crippen molar-refractivity contribution in [2.45, 2.75) is 30.7 Å². The predicted molar refractivity (Wildman–Crippen MR) is 113 cm³/mol. The van der Waals surface area contributed by atoms with E-state index in [1.54, 1.807) is 6.92 Å². The lowest BCUT2D eigenvalue weighted by Crippen LogP contribution is -2.28. The Labute approximate surface area is 179 Å². The maximum absolute atomic E-state index is 13.2. The van der Waals surface area contributed by atoms with Gasteiger partial charge in [0.1, 0.15) is 4.90 Å². The summed E-state index contributed by atoms with van der Waals surface area (Å²) < 4.78 is 33.0. The highest BCUT2D eigenvalue weighted by Crippen LogP contribution is 2.32. The summed E-state index contributed by atoms with van der Waals surface area (Å²) in [5, 5.41) is 18.3. The smallest absolute Gasteiger partial charge is 0.270 e. The highest BCUT2D eigenvalue weighted by Gasteiger charge is 2.31. The molecule has 3 aromatic rings. The van der Waals surface area contributed by atoms with Crippen LogP contribution in [0.4, 0.5) is 11.4 Å². The summed E-state index contributed by atoms with van der Waals surface area (Å²) in [6.07, 6.45) is 1.52. The quantitative estimate of drug-likeness (QED) is 0.433. The van der Waals surface area contributed by atoms with Gasteiger partial charge in [-0.15, -0.1) is 0 Å². The lowest BCUT2D eigenvalue weighted by molar-refractivity contribution is -0.385. The second kappa shape index (κ2) is 8.44. The van der Waals surface area contributed by atoms with Crippen LogP contribution in [0.1, 0.15) is 31.6 Å². The zero-order valence-electron chi connectivity index (χ0n) is 16.8. The minimum absolute atomic E-state index is 0.137. The lowest BCUT2D eigenvalue weighted by atomic mass is 10.2. The topological polar surface area (TPSA) is 131 Å². The molecule has 1 aliphatic rings. The number of sulfonamides is 1. The number of rotatable bonds is 7. The van der Waals surface area contributed by atoms with Gasteiger partial charge in [-0.3, -0.25) is 10.1 Å². The molecule has 1 N–H and O–H groups in total. The van der Waals surface area contributed by atoms with Crippen LogP contribution in [0, 0.1) is 10.1 Å². The van der Waals surface area contributed by atoms with Gasteiger partial charge in [-0.05, 0) is 38.0 Å². The Morgan fingerprint density at radius 3 is 2.55 bits per heavy atom. The average Bonchev–Trinajstić information content (AvgIpc) is 3.47. The van der Waals surface area contributed by atoms with Gasteiger partial charge in [-0.1, -0.05) is 23.4 Å². The summed E-state index contributed by atoms with van der Waals surface area (Å²) in [5.74, 6) is 0.680. The third-order valence-corrected chi connectivity index (χ3v) is 7.02. The molecular formula is C20H21N5O5S. The minimum atomic E-state index is -3.89. The van der Waals surface area contributed by atoms with Crippen LogP contribution in [0.2, 0.25) is 0 Å².